The smallest absolute Gasteiger partial charge is 0.217 e. The van der Waals surface area contributed by atoms with Crippen molar-refractivity contribution in [3.8, 4) is 0 Å². The number of hydrogen-bond acceptors (Lipinski definition) is 3. The molecular formula is C22H38IN5O. The standard InChI is InChI=1S/C22H37N5O.HI/c1-4-24-22(27-14-10-11-18(17-27)15-21(23)28)25-16-20(26(5-2)6-3)19-12-8-7-9-13-19;/h7-9,12-13,18,20H,4-6,10-11,14-17H2,1-3H3,(H2,23,28)(H,24,25);1H. The number of guanidine groups is 1. The molecule has 2 rings (SSSR count). The Bertz CT molecular complexity index is 621. The number of primary amides is 1. The summed E-state index contributed by atoms with van der Waals surface area (Å²) in [4.78, 5) is 21.1. The number of carbonyl (C=O) groups excluding carboxylic acids is 1. The first-order valence-electron chi connectivity index (χ1n) is 10.7. The van der Waals surface area contributed by atoms with Crippen LogP contribution >= 0.6 is 24.0 Å². The van der Waals surface area contributed by atoms with Crippen molar-refractivity contribution in [3.63, 3.8) is 0 Å². The monoisotopic (exact) mass is 515 g/mol. The maximum absolute atomic E-state index is 11.3. The van der Waals surface area contributed by atoms with Crippen molar-refractivity contribution in [2.24, 2.45) is 16.6 Å². The van der Waals surface area contributed by atoms with E-state index in [0.29, 0.717) is 18.9 Å². The fraction of sp³-hybridized carbons (Fsp3) is 0.636. The molecule has 29 heavy (non-hydrogen) atoms. The van der Waals surface area contributed by atoms with Crippen molar-refractivity contribution in [3.05, 3.63) is 35.9 Å². The number of halogens is 1. The van der Waals surface area contributed by atoms with Gasteiger partial charge in [-0.25, -0.2) is 0 Å². The lowest BCUT2D eigenvalue weighted by Gasteiger charge is -2.35. The third-order valence-electron chi connectivity index (χ3n) is 5.49. The Balaban J connectivity index is 0.00000420. The molecule has 1 heterocycles. The van der Waals surface area contributed by atoms with Crippen LogP contribution in [-0.4, -0.2) is 60.9 Å². The number of carbonyl (C=O) groups is 1. The summed E-state index contributed by atoms with van der Waals surface area (Å²) in [6.07, 6.45) is 2.59. The molecule has 1 aliphatic rings. The highest BCUT2D eigenvalue weighted by Crippen LogP contribution is 2.22. The second-order valence-corrected chi connectivity index (χ2v) is 7.47. The largest absolute Gasteiger partial charge is 0.370 e. The van der Waals surface area contributed by atoms with E-state index in [1.165, 1.54) is 5.56 Å². The first kappa shape index (κ1) is 25.7. The van der Waals surface area contributed by atoms with Gasteiger partial charge in [0, 0.05) is 26.1 Å². The molecule has 0 aromatic heterocycles. The number of nitrogens with one attached hydrogen (secondary N) is 1. The van der Waals surface area contributed by atoms with E-state index in [1.807, 2.05) is 0 Å². The zero-order valence-corrected chi connectivity index (χ0v) is 20.5. The summed E-state index contributed by atoms with van der Waals surface area (Å²) in [7, 11) is 0. The molecule has 0 radical (unpaired) electrons. The summed E-state index contributed by atoms with van der Waals surface area (Å²) in [5, 5.41) is 3.45. The van der Waals surface area contributed by atoms with Crippen molar-refractivity contribution in [2.45, 2.75) is 46.1 Å². The molecule has 7 heteroatoms. The topological polar surface area (TPSA) is 74.0 Å². The predicted octanol–water partition coefficient (Wildman–Crippen LogP) is 3.24. The minimum absolute atomic E-state index is 0. The first-order chi connectivity index (χ1) is 13.6. The minimum Gasteiger partial charge on any atom is -0.370 e. The van der Waals surface area contributed by atoms with Crippen molar-refractivity contribution in [1.29, 1.82) is 0 Å². The molecule has 3 N–H and O–H groups in total. The number of amides is 1. The van der Waals surface area contributed by atoms with Gasteiger partial charge in [0.1, 0.15) is 0 Å². The summed E-state index contributed by atoms with van der Waals surface area (Å²) >= 11 is 0. The van der Waals surface area contributed by atoms with Crippen LogP contribution in [-0.2, 0) is 4.79 Å². The molecule has 0 spiro atoms. The molecule has 6 nitrogen and oxygen atoms in total. The van der Waals surface area contributed by atoms with E-state index in [0.717, 1.165) is 51.5 Å². The molecule has 2 unspecified atom stereocenters. The van der Waals surface area contributed by atoms with Crippen LogP contribution in [0.25, 0.3) is 0 Å². The maximum Gasteiger partial charge on any atom is 0.217 e. The number of likely N-dealkylation sites (N-methyl/N-ethyl adjacent to an activating group) is 1. The Hall–Kier alpha value is -1.35. The third-order valence-corrected chi connectivity index (χ3v) is 5.49. The Morgan fingerprint density at radius 3 is 2.55 bits per heavy atom. The molecule has 1 saturated heterocycles. The first-order valence-corrected chi connectivity index (χ1v) is 10.7. The van der Waals surface area contributed by atoms with Crippen LogP contribution in [0.1, 0.15) is 51.6 Å². The second kappa shape index (κ2) is 13.8. The van der Waals surface area contributed by atoms with Crippen LogP contribution in [0.5, 0.6) is 0 Å². The zero-order valence-electron chi connectivity index (χ0n) is 18.1. The quantitative estimate of drug-likeness (QED) is 0.301. The summed E-state index contributed by atoms with van der Waals surface area (Å²) in [5.74, 6) is 1.06. The van der Waals surface area contributed by atoms with Crippen LogP contribution in [0.4, 0.5) is 0 Å². The molecule has 1 aliphatic heterocycles. The molecule has 1 amide bonds. The molecular weight excluding hydrogens is 477 g/mol. The van der Waals surface area contributed by atoms with Gasteiger partial charge in [0.05, 0.1) is 12.6 Å². The number of nitrogens with two attached hydrogens (primary N) is 1. The molecule has 1 aromatic rings. The van der Waals surface area contributed by atoms with Gasteiger partial charge < -0.3 is 16.0 Å². The molecule has 2 atom stereocenters. The van der Waals surface area contributed by atoms with Crippen LogP contribution in [0.2, 0.25) is 0 Å². The average Bonchev–Trinajstić information content (AvgIpc) is 2.70. The summed E-state index contributed by atoms with van der Waals surface area (Å²) in [6.45, 7) is 11.8. The highest BCUT2D eigenvalue weighted by atomic mass is 127. The summed E-state index contributed by atoms with van der Waals surface area (Å²) in [6, 6.07) is 10.9. The number of hydrogen-bond donors (Lipinski definition) is 2. The van der Waals surface area contributed by atoms with Crippen molar-refractivity contribution in [1.82, 2.24) is 15.1 Å². The van der Waals surface area contributed by atoms with Gasteiger partial charge >= 0.3 is 0 Å². The van der Waals surface area contributed by atoms with Gasteiger partial charge in [0.15, 0.2) is 5.96 Å². The van der Waals surface area contributed by atoms with Gasteiger partial charge in [-0.1, -0.05) is 44.2 Å². The number of aliphatic imine (C=N–C) groups is 1. The highest BCUT2D eigenvalue weighted by Gasteiger charge is 2.24. The zero-order chi connectivity index (χ0) is 20.4. The lowest BCUT2D eigenvalue weighted by Crippen LogP contribution is -2.47. The fourth-order valence-electron chi connectivity index (χ4n) is 4.08. The van der Waals surface area contributed by atoms with Gasteiger partial charge in [-0.3, -0.25) is 14.7 Å². The lowest BCUT2D eigenvalue weighted by atomic mass is 9.95. The van der Waals surface area contributed by atoms with Crippen molar-refractivity contribution in [2.75, 3.05) is 39.3 Å². The molecule has 1 fully saturated rings. The van der Waals surface area contributed by atoms with Gasteiger partial charge in [0.25, 0.3) is 0 Å². The summed E-state index contributed by atoms with van der Waals surface area (Å²) < 4.78 is 0. The Morgan fingerprint density at radius 2 is 1.97 bits per heavy atom. The lowest BCUT2D eigenvalue weighted by molar-refractivity contribution is -0.119. The van der Waals surface area contributed by atoms with E-state index in [9.17, 15) is 4.79 Å². The summed E-state index contributed by atoms with van der Waals surface area (Å²) in [5.41, 5.74) is 6.72. The average molecular weight is 515 g/mol. The van der Waals surface area contributed by atoms with Gasteiger partial charge in [-0.05, 0) is 44.3 Å². The van der Waals surface area contributed by atoms with E-state index in [2.05, 4.69) is 66.2 Å². The van der Waals surface area contributed by atoms with E-state index in [-0.39, 0.29) is 35.9 Å². The molecule has 0 bridgehead atoms. The van der Waals surface area contributed by atoms with Gasteiger partial charge in [-0.15, -0.1) is 24.0 Å². The Kier molecular flexibility index (Phi) is 12.2. The van der Waals surface area contributed by atoms with Crippen molar-refractivity contribution >= 4 is 35.8 Å². The van der Waals surface area contributed by atoms with Crippen LogP contribution < -0.4 is 11.1 Å². The van der Waals surface area contributed by atoms with Crippen molar-refractivity contribution < 1.29 is 4.79 Å². The minimum atomic E-state index is -0.209. The number of nitrogens with zero attached hydrogens (tertiary/aromatic N) is 3. The predicted molar refractivity (Wildman–Crippen MR) is 132 cm³/mol. The molecule has 0 saturated carbocycles. The highest BCUT2D eigenvalue weighted by molar-refractivity contribution is 14.0. The molecule has 164 valence electrons. The van der Waals surface area contributed by atoms with Crippen LogP contribution in [0, 0.1) is 5.92 Å². The fourth-order valence-corrected chi connectivity index (χ4v) is 4.08. The molecule has 1 aromatic carbocycles. The maximum atomic E-state index is 11.3. The normalized spacial score (nSPS) is 18.3. The van der Waals surface area contributed by atoms with Gasteiger partial charge in [0.2, 0.25) is 5.91 Å². The van der Waals surface area contributed by atoms with E-state index >= 15 is 0 Å². The Labute approximate surface area is 193 Å². The molecule has 0 aliphatic carbocycles. The number of piperidine rings is 1. The van der Waals surface area contributed by atoms with E-state index < -0.39 is 0 Å². The number of rotatable bonds is 9. The second-order valence-electron chi connectivity index (χ2n) is 7.47. The van der Waals surface area contributed by atoms with Crippen LogP contribution in [0.15, 0.2) is 35.3 Å². The third kappa shape index (κ3) is 8.12. The number of benzene rings is 1. The number of likely N-dealkylation sites (tertiary alicyclic amines) is 1. The van der Waals surface area contributed by atoms with Crippen LogP contribution in [0.3, 0.4) is 0 Å². The van der Waals surface area contributed by atoms with Gasteiger partial charge in [-0.2, -0.15) is 0 Å². The Morgan fingerprint density at radius 1 is 1.28 bits per heavy atom. The van der Waals surface area contributed by atoms with E-state index in [1.54, 1.807) is 0 Å². The SMILES string of the molecule is CCNC(=NCC(c1ccccc1)N(CC)CC)N1CCCC(CC(N)=O)C1.I. The van der Waals surface area contributed by atoms with E-state index in [4.69, 9.17) is 10.7 Å².